The number of benzene rings is 1. The lowest BCUT2D eigenvalue weighted by Gasteiger charge is -2.21. The van der Waals surface area contributed by atoms with Gasteiger partial charge in [-0.05, 0) is 37.6 Å². The zero-order valence-corrected chi connectivity index (χ0v) is 11.0. The lowest BCUT2D eigenvalue weighted by atomic mass is 10.2. The zero-order chi connectivity index (χ0) is 14.0. The summed E-state index contributed by atoms with van der Waals surface area (Å²) in [6.45, 7) is 3.79. The first-order chi connectivity index (χ1) is 9.02. The first-order valence-electron chi connectivity index (χ1n) is 6.41. The van der Waals surface area contributed by atoms with Gasteiger partial charge < -0.3 is 5.32 Å². The van der Waals surface area contributed by atoms with Gasteiger partial charge in [-0.15, -0.1) is 0 Å². The van der Waals surface area contributed by atoms with E-state index in [0.29, 0.717) is 5.69 Å². The maximum atomic E-state index is 12.8. The van der Waals surface area contributed by atoms with Crippen LogP contribution >= 0.6 is 0 Å². The van der Waals surface area contributed by atoms with Crippen LogP contribution in [-0.4, -0.2) is 28.8 Å². The molecule has 1 heterocycles. The number of hydrogen-bond donors (Lipinski definition) is 1. The number of halogens is 1. The molecular weight excluding hydrogens is 247 g/mol. The number of rotatable bonds is 4. The number of nitrogens with zero attached hydrogens (tertiary/aromatic N) is 1. The Morgan fingerprint density at radius 3 is 2.58 bits per heavy atom. The molecule has 1 fully saturated rings. The summed E-state index contributed by atoms with van der Waals surface area (Å²) in [6, 6.07) is 5.11. The molecule has 0 bridgehead atoms. The molecule has 19 heavy (non-hydrogen) atoms. The van der Waals surface area contributed by atoms with Crippen LogP contribution in [0.5, 0.6) is 0 Å². The second-order valence-electron chi connectivity index (χ2n) is 4.77. The van der Waals surface area contributed by atoms with Gasteiger partial charge >= 0.3 is 0 Å². The Hall–Kier alpha value is -1.91. The SMILES string of the molecule is CCC(C)N1C(=O)CC(Nc2ccc(F)cc2)C1=O. The average Bonchev–Trinajstić information content (AvgIpc) is 2.66. The minimum absolute atomic E-state index is 0.0833. The molecule has 1 N–H and O–H groups in total. The number of amides is 2. The van der Waals surface area contributed by atoms with E-state index in [1.165, 1.54) is 17.0 Å². The Balaban J connectivity index is 2.09. The van der Waals surface area contributed by atoms with Gasteiger partial charge in [-0.25, -0.2) is 4.39 Å². The van der Waals surface area contributed by atoms with Crippen molar-refractivity contribution in [2.75, 3.05) is 5.32 Å². The highest BCUT2D eigenvalue weighted by Crippen LogP contribution is 2.21. The zero-order valence-electron chi connectivity index (χ0n) is 11.0. The maximum Gasteiger partial charge on any atom is 0.252 e. The molecular formula is C14H17FN2O2. The van der Waals surface area contributed by atoms with Gasteiger partial charge in [0.2, 0.25) is 5.91 Å². The van der Waals surface area contributed by atoms with Crippen LogP contribution in [0, 0.1) is 5.82 Å². The highest BCUT2D eigenvalue weighted by molar-refractivity contribution is 6.07. The second-order valence-corrected chi connectivity index (χ2v) is 4.77. The van der Waals surface area contributed by atoms with Crippen LogP contribution in [-0.2, 0) is 9.59 Å². The van der Waals surface area contributed by atoms with Crippen molar-refractivity contribution in [3.8, 4) is 0 Å². The second kappa shape index (κ2) is 5.38. The van der Waals surface area contributed by atoms with E-state index in [9.17, 15) is 14.0 Å². The number of imide groups is 1. The van der Waals surface area contributed by atoms with E-state index >= 15 is 0 Å². The van der Waals surface area contributed by atoms with Crippen molar-refractivity contribution in [1.29, 1.82) is 0 Å². The Labute approximate surface area is 111 Å². The van der Waals surface area contributed by atoms with Gasteiger partial charge in [0, 0.05) is 11.7 Å². The molecule has 1 aromatic rings. The van der Waals surface area contributed by atoms with E-state index in [-0.39, 0.29) is 30.1 Å². The maximum absolute atomic E-state index is 12.8. The van der Waals surface area contributed by atoms with Crippen LogP contribution in [0.25, 0.3) is 0 Å². The molecule has 2 atom stereocenters. The van der Waals surface area contributed by atoms with Gasteiger partial charge in [0.25, 0.3) is 5.91 Å². The highest BCUT2D eigenvalue weighted by Gasteiger charge is 2.40. The Morgan fingerprint density at radius 1 is 1.37 bits per heavy atom. The Bertz CT molecular complexity index is 487. The molecule has 0 radical (unpaired) electrons. The molecule has 4 nitrogen and oxygen atoms in total. The third kappa shape index (κ3) is 2.75. The summed E-state index contributed by atoms with van der Waals surface area (Å²) in [4.78, 5) is 25.3. The number of carbonyl (C=O) groups is 2. The van der Waals surface area contributed by atoms with E-state index in [1.54, 1.807) is 12.1 Å². The first kappa shape index (κ1) is 13.5. The standard InChI is InChI=1S/C14H17FN2O2/c1-3-9(2)17-13(18)8-12(14(17)19)16-11-6-4-10(15)5-7-11/h4-7,9,12,16H,3,8H2,1-2H3. The van der Waals surface area contributed by atoms with Crippen LogP contribution in [0.1, 0.15) is 26.7 Å². The van der Waals surface area contributed by atoms with Crippen molar-refractivity contribution in [1.82, 2.24) is 4.90 Å². The van der Waals surface area contributed by atoms with E-state index in [1.807, 2.05) is 13.8 Å². The van der Waals surface area contributed by atoms with Crippen molar-refractivity contribution < 1.29 is 14.0 Å². The lowest BCUT2D eigenvalue weighted by Crippen LogP contribution is -2.40. The highest BCUT2D eigenvalue weighted by atomic mass is 19.1. The summed E-state index contributed by atoms with van der Waals surface area (Å²) in [7, 11) is 0. The molecule has 0 spiro atoms. The van der Waals surface area contributed by atoms with Gasteiger partial charge in [-0.2, -0.15) is 0 Å². The summed E-state index contributed by atoms with van der Waals surface area (Å²) >= 11 is 0. The molecule has 2 amide bonds. The smallest absolute Gasteiger partial charge is 0.252 e. The molecule has 1 saturated heterocycles. The predicted octanol–water partition coefficient (Wildman–Crippen LogP) is 2.16. The topological polar surface area (TPSA) is 49.4 Å². The minimum Gasteiger partial charge on any atom is -0.373 e. The Kier molecular flexibility index (Phi) is 3.83. The molecule has 102 valence electrons. The van der Waals surface area contributed by atoms with Crippen LogP contribution in [0.15, 0.2) is 24.3 Å². The fourth-order valence-corrected chi connectivity index (χ4v) is 2.16. The van der Waals surface area contributed by atoms with E-state index in [0.717, 1.165) is 6.42 Å². The molecule has 0 saturated carbocycles. The van der Waals surface area contributed by atoms with Crippen molar-refractivity contribution in [3.05, 3.63) is 30.1 Å². The van der Waals surface area contributed by atoms with E-state index in [4.69, 9.17) is 0 Å². The third-order valence-corrected chi connectivity index (χ3v) is 3.40. The van der Waals surface area contributed by atoms with E-state index < -0.39 is 6.04 Å². The predicted molar refractivity (Wildman–Crippen MR) is 70.0 cm³/mol. The van der Waals surface area contributed by atoms with Gasteiger partial charge in [-0.1, -0.05) is 6.92 Å². The summed E-state index contributed by atoms with van der Waals surface area (Å²) < 4.78 is 12.8. The fraction of sp³-hybridized carbons (Fsp3) is 0.429. The molecule has 0 aromatic heterocycles. The van der Waals surface area contributed by atoms with E-state index in [2.05, 4.69) is 5.32 Å². The van der Waals surface area contributed by atoms with Crippen molar-refractivity contribution in [2.24, 2.45) is 0 Å². The number of anilines is 1. The molecule has 1 aromatic carbocycles. The van der Waals surface area contributed by atoms with Crippen LogP contribution in [0.3, 0.4) is 0 Å². The summed E-state index contributed by atoms with van der Waals surface area (Å²) in [5.41, 5.74) is 0.638. The largest absolute Gasteiger partial charge is 0.373 e. The normalized spacial score (nSPS) is 20.8. The number of likely N-dealkylation sites (tertiary alicyclic amines) is 1. The van der Waals surface area contributed by atoms with Gasteiger partial charge in [0.05, 0.1) is 6.42 Å². The molecule has 2 rings (SSSR count). The number of hydrogen-bond acceptors (Lipinski definition) is 3. The van der Waals surface area contributed by atoms with Crippen molar-refractivity contribution in [2.45, 2.75) is 38.8 Å². The molecule has 1 aliphatic heterocycles. The summed E-state index contributed by atoms with van der Waals surface area (Å²) in [5.74, 6) is -0.691. The lowest BCUT2D eigenvalue weighted by molar-refractivity contribution is -0.140. The minimum atomic E-state index is -0.549. The van der Waals surface area contributed by atoms with Crippen LogP contribution < -0.4 is 5.32 Å². The molecule has 1 aliphatic rings. The fourth-order valence-electron chi connectivity index (χ4n) is 2.16. The number of carbonyl (C=O) groups excluding carboxylic acids is 2. The first-order valence-corrected chi connectivity index (χ1v) is 6.41. The van der Waals surface area contributed by atoms with Gasteiger partial charge in [0.1, 0.15) is 11.9 Å². The monoisotopic (exact) mass is 264 g/mol. The van der Waals surface area contributed by atoms with Crippen molar-refractivity contribution >= 4 is 17.5 Å². The Morgan fingerprint density at radius 2 is 2.00 bits per heavy atom. The van der Waals surface area contributed by atoms with Crippen LogP contribution in [0.4, 0.5) is 10.1 Å². The summed E-state index contributed by atoms with van der Waals surface area (Å²) in [6.07, 6.45) is 0.890. The van der Waals surface area contributed by atoms with Crippen molar-refractivity contribution in [3.63, 3.8) is 0 Å². The molecule has 0 aliphatic carbocycles. The third-order valence-electron chi connectivity index (χ3n) is 3.40. The van der Waals surface area contributed by atoms with Gasteiger partial charge in [-0.3, -0.25) is 14.5 Å². The van der Waals surface area contributed by atoms with Gasteiger partial charge in [0.15, 0.2) is 0 Å². The quantitative estimate of drug-likeness (QED) is 0.848. The average molecular weight is 264 g/mol. The van der Waals surface area contributed by atoms with Crippen LogP contribution in [0.2, 0.25) is 0 Å². The molecule has 5 heteroatoms. The molecule has 2 unspecified atom stereocenters. The number of nitrogens with one attached hydrogen (secondary N) is 1. The summed E-state index contributed by atoms with van der Waals surface area (Å²) in [5, 5.41) is 2.98.